The van der Waals surface area contributed by atoms with Crippen molar-refractivity contribution in [1.29, 1.82) is 0 Å². The number of carbonyl (C=O) groups excluding carboxylic acids is 1. The smallest absolute Gasteiger partial charge is 0.224 e. The summed E-state index contributed by atoms with van der Waals surface area (Å²) in [4.78, 5) is 17.0. The molecule has 0 unspecified atom stereocenters. The summed E-state index contributed by atoms with van der Waals surface area (Å²) in [5, 5.41) is 3.01. The van der Waals surface area contributed by atoms with E-state index in [9.17, 15) is 4.79 Å². The number of likely N-dealkylation sites (N-methyl/N-ethyl adjacent to an activating group) is 1. The molecule has 2 aromatic carbocycles. The molecular weight excluding hydrogens is 350 g/mol. The summed E-state index contributed by atoms with van der Waals surface area (Å²) in [6.07, 6.45) is 1.14. The minimum absolute atomic E-state index is 0.0274. The zero-order valence-electron chi connectivity index (χ0n) is 17.2. The zero-order chi connectivity index (χ0) is 19.9. The lowest BCUT2D eigenvalue weighted by Gasteiger charge is -2.35. The van der Waals surface area contributed by atoms with Gasteiger partial charge in [0.05, 0.1) is 6.61 Å². The maximum atomic E-state index is 12.2. The van der Waals surface area contributed by atoms with Crippen molar-refractivity contribution in [2.45, 2.75) is 26.7 Å². The van der Waals surface area contributed by atoms with Crippen LogP contribution in [-0.4, -0.2) is 50.6 Å². The second-order valence-corrected chi connectivity index (χ2v) is 7.61. The number of anilines is 2. The molecule has 1 fully saturated rings. The molecule has 0 bridgehead atoms. The molecule has 0 aromatic heterocycles. The van der Waals surface area contributed by atoms with E-state index in [4.69, 9.17) is 4.74 Å². The zero-order valence-corrected chi connectivity index (χ0v) is 17.2. The molecule has 0 saturated carbocycles. The van der Waals surface area contributed by atoms with Crippen molar-refractivity contribution in [3.8, 4) is 5.75 Å². The number of nitrogens with one attached hydrogen (secondary N) is 1. The molecule has 1 aliphatic rings. The number of carbonyl (C=O) groups is 1. The molecule has 0 atom stereocenters. The van der Waals surface area contributed by atoms with Crippen LogP contribution in [0.15, 0.2) is 42.5 Å². The van der Waals surface area contributed by atoms with Gasteiger partial charge in [0.1, 0.15) is 5.75 Å². The van der Waals surface area contributed by atoms with Crippen molar-refractivity contribution >= 4 is 17.3 Å². The maximum absolute atomic E-state index is 12.2. The molecule has 1 saturated heterocycles. The molecule has 5 nitrogen and oxygen atoms in total. The van der Waals surface area contributed by atoms with Crippen molar-refractivity contribution < 1.29 is 9.53 Å². The predicted molar refractivity (Wildman–Crippen MR) is 115 cm³/mol. The molecule has 1 N–H and O–H groups in total. The van der Waals surface area contributed by atoms with Crippen LogP contribution in [0.1, 0.15) is 24.0 Å². The fourth-order valence-corrected chi connectivity index (χ4v) is 3.49. The van der Waals surface area contributed by atoms with E-state index in [0.29, 0.717) is 19.4 Å². The molecule has 1 amide bonds. The van der Waals surface area contributed by atoms with Gasteiger partial charge >= 0.3 is 0 Å². The lowest BCUT2D eigenvalue weighted by atomic mass is 10.1. The molecule has 0 radical (unpaired) electrons. The van der Waals surface area contributed by atoms with Crippen molar-refractivity contribution in [1.82, 2.24) is 4.90 Å². The SMILES string of the molecule is Cc1cccc(OCCCC(=O)Nc2ccc(N3CCN(C)CC3)c(C)c2)c1. The van der Waals surface area contributed by atoms with Gasteiger partial charge in [-0.05, 0) is 68.8 Å². The summed E-state index contributed by atoms with van der Waals surface area (Å²) in [7, 11) is 2.16. The van der Waals surface area contributed by atoms with Gasteiger partial charge in [-0.15, -0.1) is 0 Å². The molecule has 0 spiro atoms. The monoisotopic (exact) mass is 381 g/mol. The topological polar surface area (TPSA) is 44.8 Å². The summed E-state index contributed by atoms with van der Waals surface area (Å²) in [6.45, 7) is 8.95. The molecular formula is C23H31N3O2. The van der Waals surface area contributed by atoms with Crippen molar-refractivity contribution in [2.75, 3.05) is 50.1 Å². The first kappa shape index (κ1) is 20.2. The number of hydrogen-bond donors (Lipinski definition) is 1. The van der Waals surface area contributed by atoms with Gasteiger partial charge in [-0.3, -0.25) is 4.79 Å². The Morgan fingerprint density at radius 1 is 1.07 bits per heavy atom. The van der Waals surface area contributed by atoms with E-state index in [1.807, 2.05) is 37.3 Å². The summed E-state index contributed by atoms with van der Waals surface area (Å²) in [5.41, 5.74) is 4.49. The van der Waals surface area contributed by atoms with Crippen LogP contribution in [0.4, 0.5) is 11.4 Å². The molecule has 1 heterocycles. The van der Waals surface area contributed by atoms with Gasteiger partial charge in [-0.2, -0.15) is 0 Å². The van der Waals surface area contributed by atoms with Gasteiger partial charge in [0.25, 0.3) is 0 Å². The van der Waals surface area contributed by atoms with Gasteiger partial charge in [0.15, 0.2) is 0 Å². The Kier molecular flexibility index (Phi) is 6.93. The summed E-state index contributed by atoms with van der Waals surface area (Å²) in [6, 6.07) is 14.2. The summed E-state index contributed by atoms with van der Waals surface area (Å²) >= 11 is 0. The van der Waals surface area contributed by atoms with Crippen LogP contribution >= 0.6 is 0 Å². The number of amides is 1. The van der Waals surface area contributed by atoms with Gasteiger partial charge in [0.2, 0.25) is 5.91 Å². The molecule has 2 aromatic rings. The fraction of sp³-hybridized carbons (Fsp3) is 0.435. The van der Waals surface area contributed by atoms with Crippen LogP contribution in [0.5, 0.6) is 5.75 Å². The summed E-state index contributed by atoms with van der Waals surface area (Å²) < 4.78 is 5.71. The Labute approximate surface area is 168 Å². The number of rotatable bonds is 7. The number of benzene rings is 2. The van der Waals surface area contributed by atoms with Gasteiger partial charge in [-0.1, -0.05) is 12.1 Å². The number of ether oxygens (including phenoxy) is 1. The highest BCUT2D eigenvalue weighted by Gasteiger charge is 2.16. The standard InChI is InChI=1S/C23H31N3O2/c1-18-6-4-7-21(16-18)28-15-5-8-23(27)24-20-9-10-22(19(2)17-20)26-13-11-25(3)12-14-26/h4,6-7,9-10,16-17H,5,8,11-15H2,1-3H3,(H,24,27). The van der Waals surface area contributed by atoms with Crippen molar-refractivity contribution in [2.24, 2.45) is 0 Å². The van der Waals surface area contributed by atoms with Crippen molar-refractivity contribution in [3.63, 3.8) is 0 Å². The third kappa shape index (κ3) is 5.73. The van der Waals surface area contributed by atoms with Gasteiger partial charge in [0, 0.05) is 44.0 Å². The van der Waals surface area contributed by atoms with Crippen LogP contribution in [0.25, 0.3) is 0 Å². The molecule has 3 rings (SSSR count). The third-order valence-corrected chi connectivity index (χ3v) is 5.13. The quantitative estimate of drug-likeness (QED) is 0.740. The van der Waals surface area contributed by atoms with Crippen LogP contribution in [0.2, 0.25) is 0 Å². The van der Waals surface area contributed by atoms with E-state index in [1.54, 1.807) is 0 Å². The van der Waals surface area contributed by atoms with E-state index in [2.05, 4.69) is 41.2 Å². The first-order valence-electron chi connectivity index (χ1n) is 10.0. The summed E-state index contributed by atoms with van der Waals surface area (Å²) in [5.74, 6) is 0.884. The normalized spacial score (nSPS) is 14.8. The maximum Gasteiger partial charge on any atom is 0.224 e. The highest BCUT2D eigenvalue weighted by atomic mass is 16.5. The number of hydrogen-bond acceptors (Lipinski definition) is 4. The first-order chi connectivity index (χ1) is 13.5. The Morgan fingerprint density at radius 3 is 2.57 bits per heavy atom. The van der Waals surface area contributed by atoms with Gasteiger partial charge < -0.3 is 19.9 Å². The van der Waals surface area contributed by atoms with Crippen molar-refractivity contribution in [3.05, 3.63) is 53.6 Å². The molecule has 1 aliphatic heterocycles. The van der Waals surface area contributed by atoms with Crippen LogP contribution in [-0.2, 0) is 4.79 Å². The van der Waals surface area contributed by atoms with E-state index in [0.717, 1.165) is 37.6 Å². The molecule has 150 valence electrons. The highest BCUT2D eigenvalue weighted by Crippen LogP contribution is 2.24. The molecule has 5 heteroatoms. The average molecular weight is 382 g/mol. The first-order valence-corrected chi connectivity index (χ1v) is 10.0. The lowest BCUT2D eigenvalue weighted by molar-refractivity contribution is -0.116. The Balaban J connectivity index is 1.44. The van der Waals surface area contributed by atoms with E-state index >= 15 is 0 Å². The Hall–Kier alpha value is -2.53. The predicted octanol–water partition coefficient (Wildman–Crippen LogP) is 3.85. The number of piperazine rings is 1. The third-order valence-electron chi connectivity index (χ3n) is 5.13. The lowest BCUT2D eigenvalue weighted by Crippen LogP contribution is -2.44. The fourth-order valence-electron chi connectivity index (χ4n) is 3.49. The second-order valence-electron chi connectivity index (χ2n) is 7.61. The minimum Gasteiger partial charge on any atom is -0.494 e. The molecule has 28 heavy (non-hydrogen) atoms. The average Bonchev–Trinajstić information content (AvgIpc) is 2.66. The highest BCUT2D eigenvalue weighted by molar-refractivity contribution is 5.91. The van der Waals surface area contributed by atoms with Crippen LogP contribution in [0.3, 0.4) is 0 Å². The van der Waals surface area contributed by atoms with Crippen LogP contribution in [0, 0.1) is 13.8 Å². The Morgan fingerprint density at radius 2 is 1.86 bits per heavy atom. The van der Waals surface area contributed by atoms with E-state index < -0.39 is 0 Å². The van der Waals surface area contributed by atoms with E-state index in [1.165, 1.54) is 16.8 Å². The van der Waals surface area contributed by atoms with E-state index in [-0.39, 0.29) is 5.91 Å². The largest absolute Gasteiger partial charge is 0.494 e. The number of nitrogens with zero attached hydrogens (tertiary/aromatic N) is 2. The van der Waals surface area contributed by atoms with Crippen LogP contribution < -0.4 is 15.0 Å². The minimum atomic E-state index is 0.0274. The second kappa shape index (κ2) is 9.60. The number of aryl methyl sites for hydroxylation is 2. The van der Waals surface area contributed by atoms with Gasteiger partial charge in [-0.25, -0.2) is 0 Å². The Bertz CT molecular complexity index is 798. The molecule has 0 aliphatic carbocycles.